The van der Waals surface area contributed by atoms with Gasteiger partial charge in [0.25, 0.3) is 0 Å². The molecule has 1 aromatic heterocycles. The average molecular weight is 365 g/mol. The average Bonchev–Trinajstić information content (AvgIpc) is 2.35. The van der Waals surface area contributed by atoms with E-state index < -0.39 is 5.82 Å². The van der Waals surface area contributed by atoms with Crippen molar-refractivity contribution in [3.8, 4) is 0 Å². The van der Waals surface area contributed by atoms with Gasteiger partial charge >= 0.3 is 0 Å². The zero-order valence-corrected chi connectivity index (χ0v) is 12.9. The molecule has 0 radical (unpaired) electrons. The van der Waals surface area contributed by atoms with E-state index in [0.717, 1.165) is 0 Å². The maximum absolute atomic E-state index is 13.3. The van der Waals surface area contributed by atoms with Crippen LogP contribution in [0, 0.1) is 5.82 Å². The van der Waals surface area contributed by atoms with Gasteiger partial charge in [0.05, 0.1) is 10.0 Å². The van der Waals surface area contributed by atoms with Gasteiger partial charge in [-0.2, -0.15) is 0 Å². The van der Waals surface area contributed by atoms with E-state index in [9.17, 15) is 4.39 Å². The maximum atomic E-state index is 13.3. The molecule has 0 aliphatic rings. The maximum Gasteiger partial charge on any atom is 0.160 e. The van der Waals surface area contributed by atoms with Crippen LogP contribution in [0.2, 0.25) is 10.0 Å². The van der Waals surface area contributed by atoms with E-state index in [0.29, 0.717) is 28.4 Å². The predicted molar refractivity (Wildman–Crippen MR) is 78.8 cm³/mol. The van der Waals surface area contributed by atoms with Gasteiger partial charge in [-0.15, -0.1) is 0 Å². The van der Waals surface area contributed by atoms with E-state index in [1.54, 1.807) is 6.07 Å². The molecule has 100 valence electrons. The van der Waals surface area contributed by atoms with Crippen molar-refractivity contribution in [1.29, 1.82) is 0 Å². The second-order valence-corrected chi connectivity index (χ2v) is 5.35. The Morgan fingerprint density at radius 1 is 1.21 bits per heavy atom. The monoisotopic (exact) mass is 363 g/mol. The third-order valence-corrected chi connectivity index (χ3v) is 3.27. The SMILES string of the molecule is CCc1nc(Br)cc(Nc2cc(Cl)c(F)c(Cl)c2)n1. The summed E-state index contributed by atoms with van der Waals surface area (Å²) in [5.74, 6) is 0.639. The van der Waals surface area contributed by atoms with Crippen LogP contribution in [0.3, 0.4) is 0 Å². The highest BCUT2D eigenvalue weighted by molar-refractivity contribution is 9.10. The molecule has 0 spiro atoms. The number of nitrogens with one attached hydrogen (secondary N) is 1. The molecule has 0 fully saturated rings. The van der Waals surface area contributed by atoms with Crippen molar-refractivity contribution in [2.24, 2.45) is 0 Å². The molecule has 1 aromatic carbocycles. The van der Waals surface area contributed by atoms with Crippen molar-refractivity contribution in [2.45, 2.75) is 13.3 Å². The summed E-state index contributed by atoms with van der Waals surface area (Å²) >= 11 is 14.8. The van der Waals surface area contributed by atoms with Crippen molar-refractivity contribution in [3.05, 3.63) is 44.5 Å². The zero-order valence-electron chi connectivity index (χ0n) is 9.85. The predicted octanol–water partition coefficient (Wildman–Crippen LogP) is 4.99. The molecule has 0 bridgehead atoms. The van der Waals surface area contributed by atoms with Gasteiger partial charge < -0.3 is 5.32 Å². The lowest BCUT2D eigenvalue weighted by atomic mass is 10.3. The number of anilines is 2. The molecule has 0 atom stereocenters. The third-order valence-electron chi connectivity index (χ3n) is 2.31. The standard InChI is InChI=1S/C12H9BrCl2FN3/c1-2-10-18-9(13)5-11(19-10)17-6-3-7(14)12(16)8(15)4-6/h3-5H,2H2,1H3,(H,17,18,19). The number of hydrogen-bond acceptors (Lipinski definition) is 3. The Labute approximate surface area is 128 Å². The van der Waals surface area contributed by atoms with E-state index in [4.69, 9.17) is 23.2 Å². The Morgan fingerprint density at radius 3 is 2.42 bits per heavy atom. The first kappa shape index (κ1) is 14.5. The summed E-state index contributed by atoms with van der Waals surface area (Å²) in [6.45, 7) is 1.96. The molecular formula is C12H9BrCl2FN3. The van der Waals surface area contributed by atoms with Gasteiger partial charge in [0.1, 0.15) is 16.2 Å². The largest absolute Gasteiger partial charge is 0.340 e. The smallest absolute Gasteiger partial charge is 0.160 e. The van der Waals surface area contributed by atoms with Gasteiger partial charge in [0.15, 0.2) is 5.82 Å². The van der Waals surface area contributed by atoms with Crippen molar-refractivity contribution in [2.75, 3.05) is 5.32 Å². The van der Waals surface area contributed by atoms with Crippen molar-refractivity contribution >= 4 is 50.6 Å². The number of halogens is 4. The van der Waals surface area contributed by atoms with Crippen LogP contribution in [0.5, 0.6) is 0 Å². The highest BCUT2D eigenvalue weighted by Gasteiger charge is 2.09. The molecule has 2 rings (SSSR count). The first-order valence-electron chi connectivity index (χ1n) is 5.44. The summed E-state index contributed by atoms with van der Waals surface area (Å²) < 4.78 is 14.0. The highest BCUT2D eigenvalue weighted by Crippen LogP contribution is 2.29. The van der Waals surface area contributed by atoms with Gasteiger partial charge in [0, 0.05) is 18.2 Å². The number of aryl methyl sites for hydroxylation is 1. The van der Waals surface area contributed by atoms with Crippen molar-refractivity contribution in [1.82, 2.24) is 9.97 Å². The first-order valence-corrected chi connectivity index (χ1v) is 6.99. The van der Waals surface area contributed by atoms with Crippen LogP contribution in [0.15, 0.2) is 22.8 Å². The van der Waals surface area contributed by atoms with Crippen LogP contribution < -0.4 is 5.32 Å². The first-order chi connectivity index (χ1) is 8.99. The summed E-state index contributed by atoms with van der Waals surface area (Å²) in [6, 6.07) is 4.61. The van der Waals surface area contributed by atoms with Gasteiger partial charge in [0.2, 0.25) is 0 Å². The third kappa shape index (κ3) is 3.55. The Bertz CT molecular complexity index is 599. The molecule has 0 aliphatic heterocycles. The Balaban J connectivity index is 2.33. The van der Waals surface area contributed by atoms with E-state index in [-0.39, 0.29) is 10.0 Å². The van der Waals surface area contributed by atoms with Crippen LogP contribution in [-0.2, 0) is 6.42 Å². The Kier molecular flexibility index (Phi) is 4.60. The number of aromatic nitrogens is 2. The topological polar surface area (TPSA) is 37.8 Å². The molecule has 1 heterocycles. The molecule has 2 aromatic rings. The number of rotatable bonds is 3. The summed E-state index contributed by atoms with van der Waals surface area (Å²) in [6.07, 6.45) is 0.707. The normalized spacial score (nSPS) is 10.6. The van der Waals surface area contributed by atoms with Crippen LogP contribution in [0.1, 0.15) is 12.7 Å². The molecular weight excluding hydrogens is 356 g/mol. The van der Waals surface area contributed by atoms with Crippen LogP contribution in [-0.4, -0.2) is 9.97 Å². The lowest BCUT2D eigenvalue weighted by molar-refractivity contribution is 0.629. The van der Waals surface area contributed by atoms with E-state index in [1.165, 1.54) is 12.1 Å². The van der Waals surface area contributed by atoms with Crippen LogP contribution >= 0.6 is 39.1 Å². The van der Waals surface area contributed by atoms with Crippen LogP contribution in [0.25, 0.3) is 0 Å². The van der Waals surface area contributed by atoms with Gasteiger partial charge in [-0.05, 0) is 28.1 Å². The highest BCUT2D eigenvalue weighted by atomic mass is 79.9. The Hall–Kier alpha value is -0.910. The Morgan fingerprint density at radius 2 is 1.84 bits per heavy atom. The molecule has 0 unspecified atom stereocenters. The van der Waals surface area contributed by atoms with Crippen molar-refractivity contribution in [3.63, 3.8) is 0 Å². The molecule has 3 nitrogen and oxygen atoms in total. The molecule has 0 aliphatic carbocycles. The van der Waals surface area contributed by atoms with E-state index in [2.05, 4.69) is 31.2 Å². The van der Waals surface area contributed by atoms with Crippen molar-refractivity contribution < 1.29 is 4.39 Å². The minimum absolute atomic E-state index is 0.0427. The molecule has 1 N–H and O–H groups in total. The molecule has 19 heavy (non-hydrogen) atoms. The zero-order chi connectivity index (χ0) is 14.0. The molecule has 0 saturated heterocycles. The summed E-state index contributed by atoms with van der Waals surface area (Å²) in [5.41, 5.74) is 0.559. The van der Waals surface area contributed by atoms with Gasteiger partial charge in [-0.1, -0.05) is 30.1 Å². The quantitative estimate of drug-likeness (QED) is 0.615. The molecule has 0 saturated carbocycles. The lowest BCUT2D eigenvalue weighted by Gasteiger charge is -2.09. The molecule has 0 amide bonds. The second-order valence-electron chi connectivity index (χ2n) is 3.72. The van der Waals surface area contributed by atoms with E-state index in [1.807, 2.05) is 6.92 Å². The van der Waals surface area contributed by atoms with Gasteiger partial charge in [-0.3, -0.25) is 0 Å². The van der Waals surface area contributed by atoms with Gasteiger partial charge in [-0.25, -0.2) is 14.4 Å². The van der Waals surface area contributed by atoms with Crippen LogP contribution in [0.4, 0.5) is 15.9 Å². The number of nitrogens with zero attached hydrogens (tertiary/aromatic N) is 2. The van der Waals surface area contributed by atoms with E-state index >= 15 is 0 Å². The fourth-order valence-corrected chi connectivity index (χ4v) is 2.37. The summed E-state index contributed by atoms with van der Waals surface area (Å²) in [7, 11) is 0. The fraction of sp³-hybridized carbons (Fsp3) is 0.167. The number of benzene rings is 1. The summed E-state index contributed by atoms with van der Waals surface area (Å²) in [5, 5.41) is 2.93. The summed E-state index contributed by atoms with van der Waals surface area (Å²) in [4.78, 5) is 8.49. The lowest BCUT2D eigenvalue weighted by Crippen LogP contribution is -2.00. The second kappa shape index (κ2) is 6.03. The minimum Gasteiger partial charge on any atom is -0.340 e. The number of hydrogen-bond donors (Lipinski definition) is 1. The molecule has 7 heteroatoms. The fourth-order valence-electron chi connectivity index (χ4n) is 1.46. The minimum atomic E-state index is -0.632.